The quantitative estimate of drug-likeness (QED) is 0.343. The summed E-state index contributed by atoms with van der Waals surface area (Å²) in [5, 5.41) is 8.41. The van der Waals surface area contributed by atoms with Crippen molar-refractivity contribution in [3.05, 3.63) is 23.8 Å². The zero-order valence-electron chi connectivity index (χ0n) is 12.4. The van der Waals surface area contributed by atoms with Crippen molar-refractivity contribution in [2.24, 2.45) is 0 Å². The van der Waals surface area contributed by atoms with E-state index in [2.05, 4.69) is 16.0 Å². The predicted octanol–water partition coefficient (Wildman–Crippen LogP) is 1.18. The lowest BCUT2D eigenvalue weighted by atomic mass is 10.1. The first-order valence-electron chi connectivity index (χ1n) is 6.90. The molecule has 0 aliphatic carbocycles. The number of ether oxygens (including phenoxy) is 1. The number of hydrogen-bond donors (Lipinski definition) is 4. The number of carbonyl (C=O) groups excluding carboxylic acids is 2. The molecule has 5 N–H and O–H groups in total. The summed E-state index contributed by atoms with van der Waals surface area (Å²) in [5.74, 6) is -0.395. The Morgan fingerprint density at radius 1 is 1.19 bits per heavy atom. The minimum atomic E-state index is -0.395. The summed E-state index contributed by atoms with van der Waals surface area (Å²) in [6.45, 7) is 5.50. The highest BCUT2D eigenvalue weighted by Crippen LogP contribution is 2.20. The molecule has 0 aliphatic heterocycles. The zero-order valence-corrected chi connectivity index (χ0v) is 12.4. The Morgan fingerprint density at radius 3 is 2.57 bits per heavy atom. The molecule has 0 unspecified atom stereocenters. The van der Waals surface area contributed by atoms with Crippen molar-refractivity contribution in [3.63, 3.8) is 0 Å². The van der Waals surface area contributed by atoms with Crippen LogP contribution in [0.25, 0.3) is 0 Å². The summed E-state index contributed by atoms with van der Waals surface area (Å²) < 4.78 is 4.90. The highest BCUT2D eigenvalue weighted by Gasteiger charge is 2.08. The van der Waals surface area contributed by atoms with Gasteiger partial charge in [0.05, 0.1) is 23.5 Å². The van der Waals surface area contributed by atoms with E-state index in [1.54, 1.807) is 25.1 Å². The Bertz CT molecular complexity index is 491. The molecule has 0 heterocycles. The van der Waals surface area contributed by atoms with Crippen LogP contribution in [0.15, 0.2) is 18.2 Å². The fraction of sp³-hybridized carbons (Fsp3) is 0.429. The van der Waals surface area contributed by atoms with Gasteiger partial charge in [-0.1, -0.05) is 0 Å². The van der Waals surface area contributed by atoms with Crippen LogP contribution in [0.1, 0.15) is 24.2 Å². The number of esters is 1. The van der Waals surface area contributed by atoms with Gasteiger partial charge in [0, 0.05) is 19.6 Å². The number of benzene rings is 1. The highest BCUT2D eigenvalue weighted by atomic mass is 16.5. The van der Waals surface area contributed by atoms with E-state index in [1.807, 2.05) is 6.92 Å². The molecule has 0 fully saturated rings. The number of nitrogens with two attached hydrogens (primary N) is 1. The van der Waals surface area contributed by atoms with E-state index in [4.69, 9.17) is 10.5 Å². The number of nitrogen functional groups attached to an aromatic ring is 1. The molecule has 0 saturated carbocycles. The van der Waals surface area contributed by atoms with Crippen LogP contribution in [0.2, 0.25) is 0 Å². The van der Waals surface area contributed by atoms with Gasteiger partial charge in [-0.05, 0) is 32.0 Å². The van der Waals surface area contributed by atoms with Crippen LogP contribution in [0, 0.1) is 0 Å². The van der Waals surface area contributed by atoms with E-state index >= 15 is 0 Å². The fourth-order valence-corrected chi connectivity index (χ4v) is 1.66. The van der Waals surface area contributed by atoms with Crippen molar-refractivity contribution in [2.75, 3.05) is 37.3 Å². The standard InChI is InChI=1S/C14H22N4O3/c1-3-16-14(20)18-8-7-17-12-6-5-10(9-11(12)15)13(19)21-4-2/h5-6,9,17H,3-4,7-8,15H2,1-2H3,(H2,16,18,20). The Morgan fingerprint density at radius 2 is 1.95 bits per heavy atom. The van der Waals surface area contributed by atoms with Crippen LogP contribution in [0.3, 0.4) is 0 Å². The average Bonchev–Trinajstić information content (AvgIpc) is 2.45. The van der Waals surface area contributed by atoms with Crippen molar-refractivity contribution >= 4 is 23.4 Å². The Labute approximate surface area is 124 Å². The molecule has 0 atom stereocenters. The van der Waals surface area contributed by atoms with Crippen molar-refractivity contribution in [2.45, 2.75) is 13.8 Å². The van der Waals surface area contributed by atoms with Gasteiger partial charge < -0.3 is 26.4 Å². The minimum absolute atomic E-state index is 0.204. The Hall–Kier alpha value is -2.44. The molecule has 1 aromatic rings. The number of urea groups is 1. The van der Waals surface area contributed by atoms with Crippen LogP contribution in [0.5, 0.6) is 0 Å². The van der Waals surface area contributed by atoms with Gasteiger partial charge in [0.25, 0.3) is 0 Å². The second-order valence-electron chi connectivity index (χ2n) is 4.24. The van der Waals surface area contributed by atoms with Crippen molar-refractivity contribution in [3.8, 4) is 0 Å². The molecule has 0 aliphatic rings. The van der Waals surface area contributed by atoms with Gasteiger partial charge in [-0.2, -0.15) is 0 Å². The number of amides is 2. The van der Waals surface area contributed by atoms with Gasteiger partial charge in [-0.3, -0.25) is 0 Å². The summed E-state index contributed by atoms with van der Waals surface area (Å²) in [6.07, 6.45) is 0. The molecule has 0 radical (unpaired) electrons. The number of rotatable bonds is 7. The number of carbonyl (C=O) groups is 2. The van der Waals surface area contributed by atoms with Gasteiger partial charge in [0.15, 0.2) is 0 Å². The lowest BCUT2D eigenvalue weighted by Crippen LogP contribution is -2.37. The molecule has 21 heavy (non-hydrogen) atoms. The third-order valence-electron chi connectivity index (χ3n) is 2.63. The molecule has 7 nitrogen and oxygen atoms in total. The first kappa shape index (κ1) is 16.6. The second-order valence-corrected chi connectivity index (χ2v) is 4.24. The highest BCUT2D eigenvalue weighted by molar-refractivity contribution is 5.91. The topological polar surface area (TPSA) is 105 Å². The minimum Gasteiger partial charge on any atom is -0.462 e. The number of nitrogens with one attached hydrogen (secondary N) is 3. The van der Waals surface area contributed by atoms with Gasteiger partial charge in [-0.25, -0.2) is 9.59 Å². The number of hydrogen-bond acceptors (Lipinski definition) is 5. The van der Waals surface area contributed by atoms with E-state index in [0.29, 0.717) is 43.2 Å². The molecule has 1 aromatic carbocycles. The van der Waals surface area contributed by atoms with Crippen LogP contribution < -0.4 is 21.7 Å². The van der Waals surface area contributed by atoms with Crippen molar-refractivity contribution in [1.82, 2.24) is 10.6 Å². The van der Waals surface area contributed by atoms with Gasteiger partial charge in [0.1, 0.15) is 0 Å². The molecular weight excluding hydrogens is 272 g/mol. The average molecular weight is 294 g/mol. The molecule has 0 bridgehead atoms. The Kier molecular flexibility index (Phi) is 6.86. The lowest BCUT2D eigenvalue weighted by Gasteiger charge is -2.11. The van der Waals surface area contributed by atoms with E-state index in [9.17, 15) is 9.59 Å². The van der Waals surface area contributed by atoms with E-state index in [1.165, 1.54) is 0 Å². The maximum Gasteiger partial charge on any atom is 0.338 e. The maximum atomic E-state index is 11.6. The van der Waals surface area contributed by atoms with Crippen molar-refractivity contribution in [1.29, 1.82) is 0 Å². The fourth-order valence-electron chi connectivity index (χ4n) is 1.66. The maximum absolute atomic E-state index is 11.6. The monoisotopic (exact) mass is 294 g/mol. The summed E-state index contributed by atoms with van der Waals surface area (Å²) in [5.41, 5.74) is 7.46. The summed E-state index contributed by atoms with van der Waals surface area (Å²) in [6, 6.07) is 4.73. The van der Waals surface area contributed by atoms with Crippen LogP contribution >= 0.6 is 0 Å². The largest absolute Gasteiger partial charge is 0.462 e. The third kappa shape index (κ3) is 5.60. The summed E-state index contributed by atoms with van der Waals surface area (Å²) >= 11 is 0. The zero-order chi connectivity index (χ0) is 15.7. The molecule has 1 rings (SSSR count). The third-order valence-corrected chi connectivity index (χ3v) is 2.63. The normalized spacial score (nSPS) is 9.81. The van der Waals surface area contributed by atoms with E-state index in [0.717, 1.165) is 0 Å². The summed E-state index contributed by atoms with van der Waals surface area (Å²) in [4.78, 5) is 22.7. The van der Waals surface area contributed by atoms with Gasteiger partial charge >= 0.3 is 12.0 Å². The van der Waals surface area contributed by atoms with Gasteiger partial charge in [-0.15, -0.1) is 0 Å². The second kappa shape index (κ2) is 8.68. The first-order valence-corrected chi connectivity index (χ1v) is 6.90. The molecule has 2 amide bonds. The first-order chi connectivity index (χ1) is 10.1. The SMILES string of the molecule is CCNC(=O)NCCNc1ccc(C(=O)OCC)cc1N. The molecule has 0 saturated heterocycles. The molecule has 7 heteroatoms. The molecule has 0 aromatic heterocycles. The smallest absolute Gasteiger partial charge is 0.338 e. The molecule has 0 spiro atoms. The predicted molar refractivity (Wildman–Crippen MR) is 82.4 cm³/mol. The van der Waals surface area contributed by atoms with E-state index in [-0.39, 0.29) is 6.03 Å². The van der Waals surface area contributed by atoms with Crippen LogP contribution in [-0.2, 0) is 4.74 Å². The van der Waals surface area contributed by atoms with Crippen LogP contribution in [-0.4, -0.2) is 38.2 Å². The lowest BCUT2D eigenvalue weighted by molar-refractivity contribution is 0.0526. The molecular formula is C14H22N4O3. The molecule has 116 valence electrons. The van der Waals surface area contributed by atoms with Crippen molar-refractivity contribution < 1.29 is 14.3 Å². The summed E-state index contributed by atoms with van der Waals surface area (Å²) in [7, 11) is 0. The van der Waals surface area contributed by atoms with Gasteiger partial charge in [0.2, 0.25) is 0 Å². The Balaban J connectivity index is 2.46. The number of anilines is 2. The van der Waals surface area contributed by atoms with E-state index < -0.39 is 5.97 Å². The van der Waals surface area contributed by atoms with Crippen LogP contribution in [0.4, 0.5) is 16.2 Å².